The van der Waals surface area contributed by atoms with Crippen molar-refractivity contribution in [3.63, 3.8) is 0 Å². The summed E-state index contributed by atoms with van der Waals surface area (Å²) in [6.45, 7) is 1.75. The SMILES string of the molecule is C[C@@]1(C(=O)c2ccccc2)[C@@H]2C(=O)N(c3ccccc3)C(=O)[C@@H]2[C@H]2c3ccccc3C=NN21. The molecule has 3 aromatic rings. The Kier molecular flexibility index (Phi) is 4.14. The van der Waals surface area contributed by atoms with Crippen LogP contribution >= 0.6 is 0 Å². The van der Waals surface area contributed by atoms with Gasteiger partial charge in [-0.1, -0.05) is 72.8 Å². The van der Waals surface area contributed by atoms with E-state index in [1.807, 2.05) is 36.4 Å². The van der Waals surface area contributed by atoms with E-state index in [1.165, 1.54) is 4.90 Å². The average molecular weight is 435 g/mol. The lowest BCUT2D eigenvalue weighted by molar-refractivity contribution is -0.124. The van der Waals surface area contributed by atoms with Crippen LogP contribution in [0.15, 0.2) is 90.0 Å². The molecular formula is C27H21N3O3. The summed E-state index contributed by atoms with van der Waals surface area (Å²) in [7, 11) is 0. The van der Waals surface area contributed by atoms with Crippen molar-refractivity contribution in [1.82, 2.24) is 5.01 Å². The number of Topliss-reactive ketones (excluding diaryl/α,β-unsaturated/α-hetero) is 1. The lowest BCUT2D eigenvalue weighted by Crippen LogP contribution is -2.54. The van der Waals surface area contributed by atoms with Gasteiger partial charge in [-0.3, -0.25) is 19.4 Å². The van der Waals surface area contributed by atoms with Crippen LogP contribution in [0.3, 0.4) is 0 Å². The molecule has 0 aromatic heterocycles. The van der Waals surface area contributed by atoms with E-state index >= 15 is 0 Å². The molecule has 4 atom stereocenters. The summed E-state index contributed by atoms with van der Waals surface area (Å²) in [4.78, 5) is 42.9. The largest absolute Gasteiger partial charge is 0.291 e. The second-order valence-electron chi connectivity index (χ2n) is 8.86. The standard InChI is InChI=1S/C27H21N3O3/c1-27(24(31)17-10-4-2-5-11-17)22-21(23-20-15-9-8-12-18(20)16-28-30(23)27)25(32)29(26(22)33)19-13-6-3-7-14-19/h2-16,21-23H,1H3/t21-,22-,23+,27-/m0/s1. The summed E-state index contributed by atoms with van der Waals surface area (Å²) >= 11 is 0. The van der Waals surface area contributed by atoms with Gasteiger partial charge in [0.15, 0.2) is 5.78 Å². The van der Waals surface area contributed by atoms with Crippen molar-refractivity contribution in [3.05, 3.63) is 102 Å². The molecule has 3 aromatic carbocycles. The molecule has 6 heteroatoms. The van der Waals surface area contributed by atoms with E-state index in [0.717, 1.165) is 11.1 Å². The molecule has 0 bridgehead atoms. The van der Waals surface area contributed by atoms with E-state index in [4.69, 9.17) is 0 Å². The number of para-hydroxylation sites is 1. The predicted octanol–water partition coefficient (Wildman–Crippen LogP) is 3.84. The van der Waals surface area contributed by atoms with E-state index in [0.29, 0.717) is 11.3 Å². The minimum atomic E-state index is -1.31. The van der Waals surface area contributed by atoms with Gasteiger partial charge in [0.05, 0.1) is 29.8 Å². The summed E-state index contributed by atoms with van der Waals surface area (Å²) in [6.07, 6.45) is 1.72. The summed E-state index contributed by atoms with van der Waals surface area (Å²) in [5.74, 6) is -2.43. The molecule has 0 radical (unpaired) electrons. The van der Waals surface area contributed by atoms with Crippen LogP contribution in [0.5, 0.6) is 0 Å². The van der Waals surface area contributed by atoms with Gasteiger partial charge >= 0.3 is 0 Å². The molecular weight excluding hydrogens is 414 g/mol. The summed E-state index contributed by atoms with van der Waals surface area (Å²) in [6, 6.07) is 25.1. The normalized spacial score (nSPS) is 27.4. The third-order valence-corrected chi connectivity index (χ3v) is 7.18. The summed E-state index contributed by atoms with van der Waals surface area (Å²) < 4.78 is 0. The minimum Gasteiger partial charge on any atom is -0.291 e. The van der Waals surface area contributed by atoms with E-state index < -0.39 is 23.4 Å². The average Bonchev–Trinajstić information content (AvgIpc) is 3.29. The van der Waals surface area contributed by atoms with E-state index in [-0.39, 0.29) is 17.6 Å². The number of hydrazone groups is 1. The topological polar surface area (TPSA) is 70.0 Å². The second kappa shape index (κ2) is 6.97. The Balaban J connectivity index is 1.56. The maximum Gasteiger partial charge on any atom is 0.240 e. The molecule has 0 saturated carbocycles. The van der Waals surface area contributed by atoms with Gasteiger partial charge in [0.1, 0.15) is 5.54 Å². The first kappa shape index (κ1) is 19.6. The zero-order valence-electron chi connectivity index (χ0n) is 18.0. The Morgan fingerprint density at radius 1 is 0.848 bits per heavy atom. The molecule has 0 unspecified atom stereocenters. The van der Waals surface area contributed by atoms with Gasteiger partial charge in [-0.25, -0.2) is 4.90 Å². The maximum atomic E-state index is 14.0. The first-order valence-corrected chi connectivity index (χ1v) is 11.0. The first-order chi connectivity index (χ1) is 16.0. The van der Waals surface area contributed by atoms with E-state index in [9.17, 15) is 14.4 Å². The highest BCUT2D eigenvalue weighted by atomic mass is 16.2. The molecule has 0 spiro atoms. The number of hydrogen-bond donors (Lipinski definition) is 0. The highest BCUT2D eigenvalue weighted by molar-refractivity contribution is 6.25. The Bertz CT molecular complexity index is 1320. The van der Waals surface area contributed by atoms with Crippen molar-refractivity contribution in [2.75, 3.05) is 4.90 Å². The van der Waals surface area contributed by atoms with E-state index in [1.54, 1.807) is 66.7 Å². The van der Waals surface area contributed by atoms with Crippen LogP contribution in [-0.4, -0.2) is 34.4 Å². The van der Waals surface area contributed by atoms with Crippen LogP contribution in [0.1, 0.15) is 34.5 Å². The predicted molar refractivity (Wildman–Crippen MR) is 124 cm³/mol. The number of nitrogens with zero attached hydrogens (tertiary/aromatic N) is 3. The van der Waals surface area contributed by atoms with Crippen molar-refractivity contribution >= 4 is 29.5 Å². The number of carbonyl (C=O) groups is 3. The Hall–Kier alpha value is -4.06. The first-order valence-electron chi connectivity index (χ1n) is 11.0. The molecule has 0 N–H and O–H groups in total. The summed E-state index contributed by atoms with van der Waals surface area (Å²) in [5.41, 5.74) is 1.51. The van der Waals surface area contributed by atoms with Crippen LogP contribution in [-0.2, 0) is 9.59 Å². The van der Waals surface area contributed by atoms with Gasteiger partial charge < -0.3 is 0 Å². The zero-order chi connectivity index (χ0) is 22.7. The number of rotatable bonds is 3. The fourth-order valence-corrected chi connectivity index (χ4v) is 5.68. The molecule has 6 rings (SSSR count). The molecule has 6 nitrogen and oxygen atoms in total. The fourth-order valence-electron chi connectivity index (χ4n) is 5.68. The van der Waals surface area contributed by atoms with Gasteiger partial charge in [-0.05, 0) is 30.2 Å². The number of ketones is 1. The number of imide groups is 1. The number of hydrogen-bond acceptors (Lipinski definition) is 5. The number of amides is 2. The van der Waals surface area contributed by atoms with Crippen molar-refractivity contribution in [3.8, 4) is 0 Å². The molecule has 2 fully saturated rings. The molecule has 33 heavy (non-hydrogen) atoms. The fraction of sp³-hybridized carbons (Fsp3) is 0.185. The highest BCUT2D eigenvalue weighted by Crippen LogP contribution is 2.57. The van der Waals surface area contributed by atoms with Gasteiger partial charge in [-0.2, -0.15) is 5.10 Å². The Morgan fingerprint density at radius 2 is 1.48 bits per heavy atom. The molecule has 2 saturated heterocycles. The van der Waals surface area contributed by atoms with Crippen LogP contribution in [0.2, 0.25) is 0 Å². The van der Waals surface area contributed by atoms with Crippen molar-refractivity contribution in [2.24, 2.45) is 16.9 Å². The second-order valence-corrected chi connectivity index (χ2v) is 8.86. The van der Waals surface area contributed by atoms with E-state index in [2.05, 4.69) is 5.10 Å². The Labute approximate surface area is 191 Å². The summed E-state index contributed by atoms with van der Waals surface area (Å²) in [5, 5.41) is 6.35. The molecule has 3 heterocycles. The zero-order valence-corrected chi connectivity index (χ0v) is 18.0. The third-order valence-electron chi connectivity index (χ3n) is 7.18. The lowest BCUT2D eigenvalue weighted by atomic mass is 9.76. The van der Waals surface area contributed by atoms with Crippen LogP contribution in [0.4, 0.5) is 5.69 Å². The number of carbonyl (C=O) groups excluding carboxylic acids is 3. The minimum absolute atomic E-state index is 0.215. The van der Waals surface area contributed by atoms with Crippen LogP contribution in [0.25, 0.3) is 0 Å². The van der Waals surface area contributed by atoms with Gasteiger partial charge in [0, 0.05) is 5.56 Å². The van der Waals surface area contributed by atoms with Gasteiger partial charge in [0.2, 0.25) is 11.8 Å². The monoisotopic (exact) mass is 435 g/mol. The van der Waals surface area contributed by atoms with Crippen molar-refractivity contribution in [1.29, 1.82) is 0 Å². The smallest absolute Gasteiger partial charge is 0.240 e. The lowest BCUT2D eigenvalue weighted by Gasteiger charge is -2.40. The third kappa shape index (κ3) is 2.55. The molecule has 2 amide bonds. The van der Waals surface area contributed by atoms with Crippen LogP contribution < -0.4 is 4.90 Å². The number of anilines is 1. The van der Waals surface area contributed by atoms with Crippen molar-refractivity contribution < 1.29 is 14.4 Å². The number of fused-ring (bicyclic) bond motifs is 5. The molecule has 0 aliphatic carbocycles. The van der Waals surface area contributed by atoms with Crippen LogP contribution in [0, 0.1) is 11.8 Å². The molecule has 3 aliphatic rings. The van der Waals surface area contributed by atoms with Gasteiger partial charge in [0.25, 0.3) is 0 Å². The molecule has 3 aliphatic heterocycles. The van der Waals surface area contributed by atoms with Gasteiger partial charge in [-0.15, -0.1) is 0 Å². The van der Waals surface area contributed by atoms with Crippen molar-refractivity contribution in [2.45, 2.75) is 18.5 Å². The Morgan fingerprint density at radius 3 is 2.21 bits per heavy atom. The number of benzene rings is 3. The quantitative estimate of drug-likeness (QED) is 0.463. The maximum absolute atomic E-state index is 14.0. The molecule has 162 valence electrons. The highest BCUT2D eigenvalue weighted by Gasteiger charge is 2.71.